The molecule has 3 atom stereocenters. The first-order chi connectivity index (χ1) is 16.4. The molecule has 1 heterocycles. The van der Waals surface area contributed by atoms with E-state index in [1.54, 1.807) is 0 Å². The minimum atomic E-state index is -1.13. The third kappa shape index (κ3) is 5.70. The number of ether oxygens (including phenoxy) is 1. The number of unbranched alkanes of at least 4 members (excludes halogenated alkanes) is 5. The molecule has 0 aromatic heterocycles. The number of alkyl halides is 2. The van der Waals surface area contributed by atoms with Gasteiger partial charge in [-0.25, -0.2) is 8.78 Å². The molecular formula is C31H58F2O. The van der Waals surface area contributed by atoms with Crippen molar-refractivity contribution < 1.29 is 16.4 Å². The minimum Gasteiger partial charge on any atom is -0.356 e. The summed E-state index contributed by atoms with van der Waals surface area (Å²) in [5.74, 6) is 3.54. The summed E-state index contributed by atoms with van der Waals surface area (Å²) in [6.45, 7) is 6.47. The lowest BCUT2D eigenvalue weighted by molar-refractivity contribution is -0.0107. The van der Waals surface area contributed by atoms with Gasteiger partial charge in [0.05, 0.1) is 0 Å². The van der Waals surface area contributed by atoms with E-state index in [0.717, 1.165) is 37.0 Å². The number of hydrogen-bond acceptors (Lipinski definition) is 1. The van der Waals surface area contributed by atoms with Crippen molar-refractivity contribution in [3.8, 4) is 0 Å². The molecular weight excluding hydrogens is 426 g/mol. The Labute approximate surface area is 212 Å². The van der Waals surface area contributed by atoms with Gasteiger partial charge in [0.25, 0.3) is 0 Å². The Morgan fingerprint density at radius 2 is 1.18 bits per heavy atom. The molecule has 34 heavy (non-hydrogen) atoms. The van der Waals surface area contributed by atoms with Gasteiger partial charge in [-0.15, -0.1) is 0 Å². The molecule has 3 saturated carbocycles. The Kier molecular flexibility index (Phi) is 9.41. The molecule has 0 radical (unpaired) electrons. The van der Waals surface area contributed by atoms with E-state index in [1.807, 2.05) is 6.92 Å². The van der Waals surface area contributed by atoms with E-state index in [9.17, 15) is 0 Å². The van der Waals surface area contributed by atoms with Crippen molar-refractivity contribution in [2.45, 2.75) is 166 Å². The van der Waals surface area contributed by atoms with Crippen LogP contribution in [0.2, 0.25) is 0 Å². The summed E-state index contributed by atoms with van der Waals surface area (Å²) in [6.07, 6.45) is 20.6. The Balaban J connectivity index is 0.00000228. The number of halogens is 2. The monoisotopic (exact) mass is 484 g/mol. The summed E-state index contributed by atoms with van der Waals surface area (Å²) < 4.78 is 37.0. The van der Waals surface area contributed by atoms with E-state index in [-0.39, 0.29) is 8.77 Å². The number of rotatable bonds is 11. The molecule has 4 fully saturated rings. The van der Waals surface area contributed by atoms with Crippen LogP contribution in [0.5, 0.6) is 0 Å². The molecule has 0 N–H and O–H groups in total. The molecule has 4 rings (SSSR count). The van der Waals surface area contributed by atoms with E-state index < -0.39 is 23.5 Å². The summed E-state index contributed by atoms with van der Waals surface area (Å²) in [5.41, 5.74) is -1.69. The smallest absolute Gasteiger partial charge is 0.159 e. The van der Waals surface area contributed by atoms with Crippen LogP contribution in [0.15, 0.2) is 0 Å². The maximum absolute atomic E-state index is 15.5. The van der Waals surface area contributed by atoms with Crippen LogP contribution in [0.4, 0.5) is 8.78 Å². The quantitative estimate of drug-likeness (QED) is 0.210. The van der Waals surface area contributed by atoms with Crippen molar-refractivity contribution in [3.05, 3.63) is 0 Å². The van der Waals surface area contributed by atoms with Gasteiger partial charge in [0, 0.05) is 2.85 Å². The molecule has 4 aliphatic rings. The van der Waals surface area contributed by atoms with Crippen molar-refractivity contribution in [2.24, 2.45) is 29.6 Å². The van der Waals surface area contributed by atoms with Gasteiger partial charge in [-0.05, 0) is 94.3 Å². The van der Waals surface area contributed by atoms with Crippen LogP contribution in [-0.2, 0) is 4.74 Å². The predicted molar refractivity (Wildman–Crippen MR) is 143 cm³/mol. The van der Waals surface area contributed by atoms with E-state index in [1.165, 1.54) is 89.9 Å². The SMILES string of the molecule is CCCCCCC1(C)OC12C(F)CC(C1CCC(C3CCC(CCCCC)CC3)CC1)CC2F.[HH].[HH]. The Morgan fingerprint density at radius 3 is 1.74 bits per heavy atom. The predicted octanol–water partition coefficient (Wildman–Crippen LogP) is 10.3. The van der Waals surface area contributed by atoms with Crippen molar-refractivity contribution >= 4 is 0 Å². The third-order valence-corrected chi connectivity index (χ3v) is 10.9. The van der Waals surface area contributed by atoms with Crippen LogP contribution in [0.3, 0.4) is 0 Å². The molecule has 1 aliphatic heterocycles. The lowest BCUT2D eigenvalue weighted by Crippen LogP contribution is -2.49. The van der Waals surface area contributed by atoms with Crippen LogP contribution in [0.1, 0.15) is 146 Å². The number of hydrogen-bond donors (Lipinski definition) is 0. The minimum absolute atomic E-state index is 0. The van der Waals surface area contributed by atoms with Crippen molar-refractivity contribution in [1.82, 2.24) is 0 Å². The van der Waals surface area contributed by atoms with Gasteiger partial charge in [0.1, 0.15) is 17.9 Å². The van der Waals surface area contributed by atoms with Gasteiger partial charge < -0.3 is 4.74 Å². The summed E-state index contributed by atoms with van der Waals surface area (Å²) in [4.78, 5) is 0. The summed E-state index contributed by atoms with van der Waals surface area (Å²) in [6, 6.07) is 0. The standard InChI is InChI=1S/C31H54F2O.2H2/c1-4-6-8-10-20-30(3)31(34-30)28(32)21-27(22-29(31)33)26-18-16-25(17-19-26)24-14-12-23(13-15-24)11-9-7-5-2;;/h23-29H,4-22H2,1-3H3;2*1H. The van der Waals surface area contributed by atoms with Gasteiger partial charge in [0.15, 0.2) is 5.60 Å². The molecule has 1 spiro atoms. The van der Waals surface area contributed by atoms with Crippen molar-refractivity contribution in [2.75, 3.05) is 0 Å². The first-order valence-electron chi connectivity index (χ1n) is 15.4. The lowest BCUT2D eigenvalue weighted by Gasteiger charge is -2.43. The van der Waals surface area contributed by atoms with Gasteiger partial charge >= 0.3 is 0 Å². The molecule has 1 saturated heterocycles. The highest BCUT2D eigenvalue weighted by atomic mass is 19.1. The molecule has 0 bridgehead atoms. The van der Waals surface area contributed by atoms with E-state index in [0.29, 0.717) is 18.8 Å². The second kappa shape index (κ2) is 11.9. The van der Waals surface area contributed by atoms with Crippen LogP contribution < -0.4 is 0 Å². The Hall–Kier alpha value is -0.180. The Morgan fingerprint density at radius 1 is 0.676 bits per heavy atom. The molecule has 0 amide bonds. The highest BCUT2D eigenvalue weighted by Crippen LogP contribution is 2.62. The summed E-state index contributed by atoms with van der Waals surface area (Å²) >= 11 is 0. The molecule has 0 aromatic carbocycles. The molecule has 0 aromatic rings. The van der Waals surface area contributed by atoms with Crippen LogP contribution in [0, 0.1) is 29.6 Å². The fourth-order valence-electron chi connectivity index (χ4n) is 8.55. The average Bonchev–Trinajstić information content (AvgIpc) is 3.47. The first kappa shape index (κ1) is 26.9. The highest BCUT2D eigenvalue weighted by Gasteiger charge is 2.76. The molecule has 3 aliphatic carbocycles. The maximum Gasteiger partial charge on any atom is 0.159 e. The fraction of sp³-hybridized carbons (Fsp3) is 1.00. The molecule has 202 valence electrons. The normalized spacial score (nSPS) is 44.9. The van der Waals surface area contributed by atoms with Gasteiger partial charge in [-0.2, -0.15) is 0 Å². The zero-order chi connectivity index (χ0) is 24.2. The second-order valence-electron chi connectivity index (χ2n) is 13.1. The number of epoxide rings is 1. The van der Waals surface area contributed by atoms with Crippen LogP contribution in [0.25, 0.3) is 0 Å². The van der Waals surface area contributed by atoms with Crippen molar-refractivity contribution in [3.63, 3.8) is 0 Å². The zero-order valence-corrected chi connectivity index (χ0v) is 22.6. The summed E-state index contributed by atoms with van der Waals surface area (Å²) in [5, 5.41) is 0. The Bertz CT molecular complexity index is 606. The first-order valence-corrected chi connectivity index (χ1v) is 15.4. The fourth-order valence-corrected chi connectivity index (χ4v) is 8.55. The zero-order valence-electron chi connectivity index (χ0n) is 22.6. The van der Waals surface area contributed by atoms with Gasteiger partial charge in [0.2, 0.25) is 0 Å². The van der Waals surface area contributed by atoms with E-state index in [4.69, 9.17) is 4.74 Å². The largest absolute Gasteiger partial charge is 0.356 e. The van der Waals surface area contributed by atoms with Gasteiger partial charge in [-0.1, -0.05) is 78.1 Å². The van der Waals surface area contributed by atoms with Crippen LogP contribution in [-0.4, -0.2) is 23.5 Å². The van der Waals surface area contributed by atoms with E-state index >= 15 is 8.78 Å². The van der Waals surface area contributed by atoms with Gasteiger partial charge in [-0.3, -0.25) is 0 Å². The van der Waals surface area contributed by atoms with E-state index in [2.05, 4.69) is 13.8 Å². The third-order valence-electron chi connectivity index (χ3n) is 10.9. The van der Waals surface area contributed by atoms with Crippen LogP contribution >= 0.6 is 0 Å². The average molecular weight is 485 g/mol. The topological polar surface area (TPSA) is 12.5 Å². The maximum atomic E-state index is 15.5. The second-order valence-corrected chi connectivity index (χ2v) is 13.1. The highest BCUT2D eigenvalue weighted by molar-refractivity contribution is 5.23. The van der Waals surface area contributed by atoms with Crippen molar-refractivity contribution in [1.29, 1.82) is 0 Å². The molecule has 3 unspecified atom stereocenters. The molecule has 1 nitrogen and oxygen atoms in total. The lowest BCUT2D eigenvalue weighted by atomic mass is 9.63. The molecule has 3 heteroatoms. The summed E-state index contributed by atoms with van der Waals surface area (Å²) in [7, 11) is 0.